The van der Waals surface area contributed by atoms with Crippen molar-refractivity contribution >= 4 is 11.8 Å². The van der Waals surface area contributed by atoms with Crippen LogP contribution in [0.4, 0.5) is 20.5 Å². The van der Waals surface area contributed by atoms with Gasteiger partial charge in [-0.15, -0.1) is 0 Å². The molecule has 0 aliphatic carbocycles. The summed E-state index contributed by atoms with van der Waals surface area (Å²) in [7, 11) is 1.67. The summed E-state index contributed by atoms with van der Waals surface area (Å²) in [5, 5.41) is 0. The van der Waals surface area contributed by atoms with Gasteiger partial charge in [0.25, 0.3) is 0 Å². The average Bonchev–Trinajstić information content (AvgIpc) is 2.35. The van der Waals surface area contributed by atoms with Crippen LogP contribution in [0.15, 0.2) is 30.5 Å². The van der Waals surface area contributed by atoms with Crippen LogP contribution in [-0.2, 0) is 6.54 Å². The molecule has 0 spiro atoms. The zero-order valence-corrected chi connectivity index (χ0v) is 9.77. The molecule has 0 unspecified atom stereocenters. The van der Waals surface area contributed by atoms with Gasteiger partial charge in [0.1, 0.15) is 5.82 Å². The summed E-state index contributed by atoms with van der Waals surface area (Å²) in [6.45, 7) is 0.396. The molecule has 2 rings (SSSR count). The Morgan fingerprint density at radius 1 is 1.22 bits per heavy atom. The monoisotopic (exact) mass is 250 g/mol. The van der Waals surface area contributed by atoms with E-state index < -0.39 is 5.82 Å². The van der Waals surface area contributed by atoms with Crippen molar-refractivity contribution in [3.05, 3.63) is 47.7 Å². The van der Waals surface area contributed by atoms with Crippen molar-refractivity contribution in [1.29, 1.82) is 0 Å². The Bertz CT molecular complexity index is 542. The third-order valence-electron chi connectivity index (χ3n) is 2.44. The second-order valence-corrected chi connectivity index (χ2v) is 3.88. The van der Waals surface area contributed by atoms with Crippen LogP contribution in [0.3, 0.4) is 0 Å². The van der Waals surface area contributed by atoms with E-state index in [1.807, 2.05) is 0 Å². The number of hydrogen-bond donors (Lipinski definition) is 1. The summed E-state index contributed by atoms with van der Waals surface area (Å²) in [6, 6.07) is 5.98. The number of halogens is 2. The Kier molecular flexibility index (Phi) is 3.36. The van der Waals surface area contributed by atoms with Gasteiger partial charge in [0.15, 0.2) is 11.6 Å². The summed E-state index contributed by atoms with van der Waals surface area (Å²) in [5.74, 6) is -0.725. The first-order chi connectivity index (χ1) is 8.56. The van der Waals surface area contributed by atoms with Gasteiger partial charge in [0.05, 0.1) is 6.20 Å². The molecule has 2 N–H and O–H groups in total. The molecule has 1 aromatic heterocycles. The van der Waals surface area contributed by atoms with Crippen molar-refractivity contribution in [2.24, 2.45) is 0 Å². The topological polar surface area (TPSA) is 55.0 Å². The maximum atomic E-state index is 13.5. The first kappa shape index (κ1) is 12.2. The van der Waals surface area contributed by atoms with Crippen molar-refractivity contribution in [3.8, 4) is 0 Å². The number of hydrogen-bond acceptors (Lipinski definition) is 4. The first-order valence-electron chi connectivity index (χ1n) is 5.30. The minimum absolute atomic E-state index is 0.0114. The molecule has 0 aliphatic heterocycles. The lowest BCUT2D eigenvalue weighted by molar-refractivity contribution is 0.607. The number of rotatable bonds is 3. The SMILES string of the molecule is CN(Cc1ccc(F)cc1)c1nc(N)ncc1F. The van der Waals surface area contributed by atoms with E-state index in [0.717, 1.165) is 11.8 Å². The second kappa shape index (κ2) is 4.95. The molecule has 4 nitrogen and oxygen atoms in total. The summed E-state index contributed by atoms with van der Waals surface area (Å²) < 4.78 is 26.3. The highest BCUT2D eigenvalue weighted by Gasteiger charge is 2.11. The Hall–Kier alpha value is -2.24. The van der Waals surface area contributed by atoms with Crippen molar-refractivity contribution in [3.63, 3.8) is 0 Å². The molecule has 0 atom stereocenters. The van der Waals surface area contributed by atoms with Gasteiger partial charge in [-0.05, 0) is 17.7 Å². The van der Waals surface area contributed by atoms with Crippen molar-refractivity contribution in [2.75, 3.05) is 17.7 Å². The fourth-order valence-corrected chi connectivity index (χ4v) is 1.58. The van der Waals surface area contributed by atoms with Crippen molar-refractivity contribution in [1.82, 2.24) is 9.97 Å². The predicted octanol–water partition coefficient (Wildman–Crippen LogP) is 1.97. The summed E-state index contributed by atoms with van der Waals surface area (Å²) in [4.78, 5) is 8.97. The van der Waals surface area contributed by atoms with E-state index >= 15 is 0 Å². The van der Waals surface area contributed by atoms with Crippen molar-refractivity contribution in [2.45, 2.75) is 6.54 Å². The Morgan fingerprint density at radius 2 is 1.89 bits per heavy atom. The van der Waals surface area contributed by atoms with E-state index in [1.54, 1.807) is 24.1 Å². The van der Waals surface area contributed by atoms with Crippen molar-refractivity contribution < 1.29 is 8.78 Å². The summed E-state index contributed by atoms with van der Waals surface area (Å²) in [5.41, 5.74) is 6.26. The van der Waals surface area contributed by atoms with Crippen LogP contribution >= 0.6 is 0 Å². The molecule has 0 saturated carbocycles. The normalized spacial score (nSPS) is 10.4. The van der Waals surface area contributed by atoms with Crippen LogP contribution in [0, 0.1) is 11.6 Å². The number of benzene rings is 1. The number of nitrogens with two attached hydrogens (primary N) is 1. The van der Waals surface area contributed by atoms with Gasteiger partial charge in [0.2, 0.25) is 5.95 Å². The van der Waals surface area contributed by atoms with Crippen LogP contribution in [0.1, 0.15) is 5.56 Å². The molecular weight excluding hydrogens is 238 g/mol. The largest absolute Gasteiger partial charge is 0.368 e. The lowest BCUT2D eigenvalue weighted by Gasteiger charge is -2.18. The second-order valence-electron chi connectivity index (χ2n) is 3.88. The Balaban J connectivity index is 2.18. The fourth-order valence-electron chi connectivity index (χ4n) is 1.58. The molecule has 0 amide bonds. The minimum atomic E-state index is -0.547. The fraction of sp³-hybridized carbons (Fsp3) is 0.167. The lowest BCUT2D eigenvalue weighted by atomic mass is 10.2. The van der Waals surface area contributed by atoms with E-state index in [9.17, 15) is 8.78 Å². The van der Waals surface area contributed by atoms with Crippen LogP contribution < -0.4 is 10.6 Å². The highest BCUT2D eigenvalue weighted by atomic mass is 19.1. The molecule has 0 saturated heterocycles. The minimum Gasteiger partial charge on any atom is -0.368 e. The van der Waals surface area contributed by atoms with Crippen LogP contribution in [0.5, 0.6) is 0 Å². The van der Waals surface area contributed by atoms with Gasteiger partial charge in [-0.3, -0.25) is 0 Å². The van der Waals surface area contributed by atoms with Crippen LogP contribution in [0.25, 0.3) is 0 Å². The molecule has 18 heavy (non-hydrogen) atoms. The molecule has 1 aromatic carbocycles. The van der Waals surface area contributed by atoms with E-state index in [4.69, 9.17) is 5.73 Å². The quantitative estimate of drug-likeness (QED) is 0.904. The molecule has 94 valence electrons. The van der Waals surface area contributed by atoms with Gasteiger partial charge in [-0.25, -0.2) is 13.8 Å². The number of anilines is 2. The van der Waals surface area contributed by atoms with Gasteiger partial charge < -0.3 is 10.6 Å². The predicted molar refractivity (Wildman–Crippen MR) is 64.9 cm³/mol. The summed E-state index contributed by atoms with van der Waals surface area (Å²) >= 11 is 0. The lowest BCUT2D eigenvalue weighted by Crippen LogP contribution is -2.20. The summed E-state index contributed by atoms with van der Waals surface area (Å²) in [6.07, 6.45) is 1.03. The van der Waals surface area contributed by atoms with Gasteiger partial charge in [-0.2, -0.15) is 4.98 Å². The number of nitrogen functional groups attached to an aromatic ring is 1. The van der Waals surface area contributed by atoms with Crippen LogP contribution in [0.2, 0.25) is 0 Å². The molecule has 0 aliphatic rings. The average molecular weight is 250 g/mol. The zero-order chi connectivity index (χ0) is 13.1. The molecule has 0 fully saturated rings. The van der Waals surface area contributed by atoms with Crippen LogP contribution in [-0.4, -0.2) is 17.0 Å². The molecule has 0 bridgehead atoms. The van der Waals surface area contributed by atoms with E-state index in [1.165, 1.54) is 12.1 Å². The van der Waals surface area contributed by atoms with Gasteiger partial charge in [-0.1, -0.05) is 12.1 Å². The molecular formula is C12H12F2N4. The standard InChI is InChI=1S/C12H12F2N4/c1-18(7-8-2-4-9(13)5-3-8)11-10(14)6-16-12(15)17-11/h2-6H,7H2,1H3,(H2,15,16,17). The molecule has 6 heteroatoms. The van der Waals surface area contributed by atoms with E-state index in [2.05, 4.69) is 9.97 Å². The Morgan fingerprint density at radius 3 is 2.56 bits per heavy atom. The van der Waals surface area contributed by atoms with E-state index in [-0.39, 0.29) is 17.6 Å². The zero-order valence-electron chi connectivity index (χ0n) is 9.77. The highest BCUT2D eigenvalue weighted by Crippen LogP contribution is 2.17. The van der Waals surface area contributed by atoms with E-state index in [0.29, 0.717) is 6.54 Å². The molecule has 1 heterocycles. The first-order valence-corrected chi connectivity index (χ1v) is 5.30. The van der Waals surface area contributed by atoms with Gasteiger partial charge >= 0.3 is 0 Å². The smallest absolute Gasteiger partial charge is 0.222 e. The number of aromatic nitrogens is 2. The third-order valence-corrected chi connectivity index (χ3v) is 2.44. The van der Waals surface area contributed by atoms with Gasteiger partial charge in [0, 0.05) is 13.6 Å². The highest BCUT2D eigenvalue weighted by molar-refractivity contribution is 5.42. The maximum Gasteiger partial charge on any atom is 0.222 e. The molecule has 0 radical (unpaired) electrons. The number of nitrogens with zero attached hydrogens (tertiary/aromatic N) is 3. The molecule has 2 aromatic rings. The Labute approximate surface area is 103 Å². The third kappa shape index (κ3) is 2.71. The maximum absolute atomic E-state index is 13.5.